The molecule has 1 fully saturated rings. The first-order chi connectivity index (χ1) is 9.72. The van der Waals surface area contributed by atoms with Gasteiger partial charge in [0.2, 0.25) is 0 Å². The average molecular weight is 266 g/mol. The number of hydrogen-bond acceptors (Lipinski definition) is 2. The Morgan fingerprint density at radius 3 is 2.20 bits per heavy atom. The summed E-state index contributed by atoms with van der Waals surface area (Å²) in [7, 11) is 2.19. The van der Waals surface area contributed by atoms with Crippen LogP contribution in [0, 0.1) is 6.92 Å². The average Bonchev–Trinajstić information content (AvgIpc) is 2.49. The van der Waals surface area contributed by atoms with E-state index in [2.05, 4.69) is 72.3 Å². The lowest BCUT2D eigenvalue weighted by atomic mass is 10.0. The maximum atomic E-state index is 2.48. The first-order valence-corrected chi connectivity index (χ1v) is 7.33. The zero-order valence-electron chi connectivity index (χ0n) is 12.3. The Morgan fingerprint density at radius 1 is 0.800 bits per heavy atom. The zero-order chi connectivity index (χ0) is 13.9. The molecule has 0 aromatic heterocycles. The van der Waals surface area contributed by atoms with Crippen molar-refractivity contribution in [2.24, 2.45) is 0 Å². The van der Waals surface area contributed by atoms with Gasteiger partial charge in [-0.3, -0.25) is 0 Å². The maximum absolute atomic E-state index is 2.48. The van der Waals surface area contributed by atoms with Crippen LogP contribution in [0.25, 0.3) is 11.1 Å². The fraction of sp³-hybridized carbons (Fsp3) is 0.333. The molecule has 0 aliphatic carbocycles. The summed E-state index contributed by atoms with van der Waals surface area (Å²) in [6, 6.07) is 17.7. The van der Waals surface area contributed by atoms with Crippen LogP contribution in [0.2, 0.25) is 0 Å². The van der Waals surface area contributed by atoms with E-state index < -0.39 is 0 Å². The summed E-state index contributed by atoms with van der Waals surface area (Å²) in [5.74, 6) is 0. The van der Waals surface area contributed by atoms with Gasteiger partial charge < -0.3 is 9.80 Å². The first-order valence-electron chi connectivity index (χ1n) is 7.33. The zero-order valence-corrected chi connectivity index (χ0v) is 12.3. The molecule has 2 nitrogen and oxygen atoms in total. The molecule has 2 aromatic carbocycles. The number of piperazine rings is 1. The molecular weight excluding hydrogens is 244 g/mol. The molecule has 2 heteroatoms. The summed E-state index contributed by atoms with van der Waals surface area (Å²) in [6.07, 6.45) is 0. The van der Waals surface area contributed by atoms with Crippen LogP contribution < -0.4 is 4.90 Å². The molecule has 1 aliphatic rings. The van der Waals surface area contributed by atoms with Gasteiger partial charge in [-0.1, -0.05) is 42.0 Å². The van der Waals surface area contributed by atoms with E-state index in [9.17, 15) is 0 Å². The molecule has 1 saturated heterocycles. The standard InChI is InChI=1S/C18H22N2/c1-15-6-8-16(9-7-15)17-4-3-5-18(14-17)20-12-10-19(2)11-13-20/h3-9,14H,10-13H2,1-2H3. The summed E-state index contributed by atoms with van der Waals surface area (Å²) in [6.45, 7) is 6.66. The van der Waals surface area contributed by atoms with Crippen LogP contribution in [0.15, 0.2) is 48.5 Å². The van der Waals surface area contributed by atoms with Gasteiger partial charge in [-0.2, -0.15) is 0 Å². The lowest BCUT2D eigenvalue weighted by Crippen LogP contribution is -2.44. The van der Waals surface area contributed by atoms with Crippen LogP contribution in [0.1, 0.15) is 5.56 Å². The monoisotopic (exact) mass is 266 g/mol. The second kappa shape index (κ2) is 5.68. The largest absolute Gasteiger partial charge is 0.369 e. The molecule has 104 valence electrons. The SMILES string of the molecule is Cc1ccc(-c2cccc(N3CCN(C)CC3)c2)cc1. The van der Waals surface area contributed by atoms with E-state index in [0.29, 0.717) is 0 Å². The lowest BCUT2D eigenvalue weighted by Gasteiger charge is -2.34. The predicted octanol–water partition coefficient (Wildman–Crippen LogP) is 3.41. The number of aryl methyl sites for hydroxylation is 1. The van der Waals surface area contributed by atoms with E-state index in [-0.39, 0.29) is 0 Å². The molecule has 3 rings (SSSR count). The quantitative estimate of drug-likeness (QED) is 0.822. The summed E-state index contributed by atoms with van der Waals surface area (Å²) in [4.78, 5) is 4.87. The molecule has 20 heavy (non-hydrogen) atoms. The maximum Gasteiger partial charge on any atom is 0.0373 e. The van der Waals surface area contributed by atoms with Crippen molar-refractivity contribution >= 4 is 5.69 Å². The van der Waals surface area contributed by atoms with Crippen molar-refractivity contribution in [2.75, 3.05) is 38.1 Å². The third-order valence-electron chi connectivity index (χ3n) is 4.10. The van der Waals surface area contributed by atoms with E-state index in [1.807, 2.05) is 0 Å². The fourth-order valence-electron chi connectivity index (χ4n) is 2.69. The number of benzene rings is 2. The van der Waals surface area contributed by atoms with Gasteiger partial charge in [0.1, 0.15) is 0 Å². The van der Waals surface area contributed by atoms with Gasteiger partial charge in [0.05, 0.1) is 0 Å². The molecule has 0 saturated carbocycles. The predicted molar refractivity (Wildman–Crippen MR) is 86.3 cm³/mol. The summed E-state index contributed by atoms with van der Waals surface area (Å²) < 4.78 is 0. The van der Waals surface area contributed by atoms with Crippen molar-refractivity contribution in [2.45, 2.75) is 6.92 Å². The van der Waals surface area contributed by atoms with Gasteiger partial charge in [0.15, 0.2) is 0 Å². The number of rotatable bonds is 2. The Balaban J connectivity index is 1.84. The number of hydrogen-bond donors (Lipinski definition) is 0. The lowest BCUT2D eigenvalue weighted by molar-refractivity contribution is 0.313. The third-order valence-corrected chi connectivity index (χ3v) is 4.10. The minimum Gasteiger partial charge on any atom is -0.369 e. The Labute approximate surface area is 121 Å². The van der Waals surface area contributed by atoms with Crippen LogP contribution in [0.4, 0.5) is 5.69 Å². The Hall–Kier alpha value is -1.80. The van der Waals surface area contributed by atoms with Crippen molar-refractivity contribution in [3.8, 4) is 11.1 Å². The molecule has 1 heterocycles. The van der Waals surface area contributed by atoms with E-state index in [1.165, 1.54) is 22.4 Å². The summed E-state index contributed by atoms with van der Waals surface area (Å²) in [5.41, 5.74) is 5.26. The summed E-state index contributed by atoms with van der Waals surface area (Å²) in [5, 5.41) is 0. The van der Waals surface area contributed by atoms with Crippen molar-refractivity contribution in [3.63, 3.8) is 0 Å². The Bertz CT molecular complexity index is 566. The van der Waals surface area contributed by atoms with Gasteiger partial charge in [0.25, 0.3) is 0 Å². The molecule has 0 N–H and O–H groups in total. The first kappa shape index (κ1) is 13.2. The van der Waals surface area contributed by atoms with Crippen LogP contribution in [-0.2, 0) is 0 Å². The highest BCUT2D eigenvalue weighted by molar-refractivity contribution is 5.68. The molecule has 0 amide bonds. The second-order valence-corrected chi connectivity index (χ2v) is 5.71. The van der Waals surface area contributed by atoms with Gasteiger partial charge in [0, 0.05) is 31.9 Å². The highest BCUT2D eigenvalue weighted by Crippen LogP contribution is 2.25. The Morgan fingerprint density at radius 2 is 1.50 bits per heavy atom. The molecule has 0 unspecified atom stereocenters. The van der Waals surface area contributed by atoms with E-state index in [1.54, 1.807) is 0 Å². The molecule has 0 radical (unpaired) electrons. The van der Waals surface area contributed by atoms with Crippen LogP contribution in [0.5, 0.6) is 0 Å². The van der Waals surface area contributed by atoms with Crippen molar-refractivity contribution in [1.82, 2.24) is 4.90 Å². The van der Waals surface area contributed by atoms with Crippen molar-refractivity contribution in [3.05, 3.63) is 54.1 Å². The smallest absolute Gasteiger partial charge is 0.0373 e. The van der Waals surface area contributed by atoms with Crippen LogP contribution >= 0.6 is 0 Å². The van der Waals surface area contributed by atoms with Crippen LogP contribution in [0.3, 0.4) is 0 Å². The van der Waals surface area contributed by atoms with E-state index in [4.69, 9.17) is 0 Å². The molecule has 2 aromatic rings. The third kappa shape index (κ3) is 2.86. The van der Waals surface area contributed by atoms with Gasteiger partial charge in [-0.25, -0.2) is 0 Å². The minimum absolute atomic E-state index is 1.12. The highest BCUT2D eigenvalue weighted by Gasteiger charge is 2.14. The van der Waals surface area contributed by atoms with E-state index >= 15 is 0 Å². The molecule has 0 bridgehead atoms. The van der Waals surface area contributed by atoms with E-state index in [0.717, 1.165) is 26.2 Å². The minimum atomic E-state index is 1.12. The topological polar surface area (TPSA) is 6.48 Å². The van der Waals surface area contributed by atoms with Gasteiger partial charge >= 0.3 is 0 Å². The molecular formula is C18H22N2. The van der Waals surface area contributed by atoms with Crippen LogP contribution in [-0.4, -0.2) is 38.1 Å². The molecule has 1 aliphatic heterocycles. The Kier molecular flexibility index (Phi) is 3.75. The van der Waals surface area contributed by atoms with Crippen molar-refractivity contribution < 1.29 is 0 Å². The van der Waals surface area contributed by atoms with Gasteiger partial charge in [-0.05, 0) is 37.2 Å². The molecule has 0 atom stereocenters. The molecule has 0 spiro atoms. The normalized spacial score (nSPS) is 16.4. The fourth-order valence-corrected chi connectivity index (χ4v) is 2.69. The van der Waals surface area contributed by atoms with Crippen molar-refractivity contribution in [1.29, 1.82) is 0 Å². The summed E-state index contributed by atoms with van der Waals surface area (Å²) >= 11 is 0. The number of anilines is 1. The number of nitrogens with zero attached hydrogens (tertiary/aromatic N) is 2. The number of likely N-dealkylation sites (N-methyl/N-ethyl adjacent to an activating group) is 1. The highest BCUT2D eigenvalue weighted by atomic mass is 15.2. The second-order valence-electron chi connectivity index (χ2n) is 5.71. The van der Waals surface area contributed by atoms with Gasteiger partial charge in [-0.15, -0.1) is 0 Å².